The molecule has 0 spiro atoms. The number of para-hydroxylation sites is 2. The van der Waals surface area contributed by atoms with E-state index in [2.05, 4.69) is 11.8 Å². The van der Waals surface area contributed by atoms with Crippen LogP contribution in [-0.2, 0) is 24.2 Å². The molecule has 0 N–H and O–H groups in total. The molecule has 8 nitrogen and oxygen atoms in total. The molecule has 172 valence electrons. The van der Waals surface area contributed by atoms with Crippen LogP contribution in [-0.4, -0.2) is 91.4 Å². The normalized spacial score (nSPS) is 15.5. The van der Waals surface area contributed by atoms with Gasteiger partial charge >= 0.3 is 0 Å². The Bertz CT molecular complexity index is 692. The summed E-state index contributed by atoms with van der Waals surface area (Å²) >= 11 is 0. The predicted octanol–water partition coefficient (Wildman–Crippen LogP) is 2.00. The number of unbranched alkanes of at least 4 members (excludes halogenated alkanes) is 1. The first-order chi connectivity index (χ1) is 14.6. The fourth-order valence-electron chi connectivity index (χ4n) is 3.18. The lowest BCUT2D eigenvalue weighted by Gasteiger charge is -2.35. The highest BCUT2D eigenvalue weighted by Crippen LogP contribution is 2.28. The maximum absolute atomic E-state index is 12.6. The first-order valence-electron chi connectivity index (χ1n) is 10.7. The fraction of sp³-hybridized carbons (Fsp3) is 0.714. The summed E-state index contributed by atoms with van der Waals surface area (Å²) in [5, 5.41) is 0. The number of anilines is 1. The highest BCUT2D eigenvalue weighted by Gasteiger charge is 2.27. The highest BCUT2D eigenvalue weighted by molar-refractivity contribution is 7.89. The Morgan fingerprint density at radius 2 is 1.47 bits per heavy atom. The summed E-state index contributed by atoms with van der Waals surface area (Å²) in [6, 6.07) is 7.80. The number of nitrogens with zero attached hydrogens (tertiary/aromatic N) is 2. The van der Waals surface area contributed by atoms with Crippen molar-refractivity contribution in [3.63, 3.8) is 0 Å². The number of sulfonamides is 1. The summed E-state index contributed by atoms with van der Waals surface area (Å²) in [6.07, 6.45) is 2.18. The van der Waals surface area contributed by atoms with Gasteiger partial charge in [-0.05, 0) is 18.6 Å². The van der Waals surface area contributed by atoms with E-state index >= 15 is 0 Å². The van der Waals surface area contributed by atoms with E-state index in [-0.39, 0.29) is 12.4 Å². The maximum Gasteiger partial charge on any atom is 0.216 e. The topological polar surface area (TPSA) is 77.5 Å². The van der Waals surface area contributed by atoms with Gasteiger partial charge in [0.2, 0.25) is 10.0 Å². The molecule has 9 heteroatoms. The summed E-state index contributed by atoms with van der Waals surface area (Å²) in [7, 11) is -1.68. The molecular formula is C21H36N2O6S. The van der Waals surface area contributed by atoms with Crippen molar-refractivity contribution in [2.24, 2.45) is 0 Å². The van der Waals surface area contributed by atoms with Crippen molar-refractivity contribution in [3.8, 4) is 5.75 Å². The molecule has 1 heterocycles. The molecule has 2 rings (SSSR count). The van der Waals surface area contributed by atoms with Crippen LogP contribution in [0, 0.1) is 0 Å². The largest absolute Gasteiger partial charge is 0.495 e. The average Bonchev–Trinajstić information content (AvgIpc) is 2.77. The molecule has 0 radical (unpaired) electrons. The molecule has 0 aliphatic carbocycles. The van der Waals surface area contributed by atoms with Gasteiger partial charge in [0.15, 0.2) is 0 Å². The molecule has 0 bridgehead atoms. The Labute approximate surface area is 181 Å². The molecule has 0 unspecified atom stereocenters. The quantitative estimate of drug-likeness (QED) is 0.383. The summed E-state index contributed by atoms with van der Waals surface area (Å²) in [5.74, 6) is 0.791. The molecule has 1 aromatic carbocycles. The number of hydrogen-bond acceptors (Lipinski definition) is 7. The van der Waals surface area contributed by atoms with Gasteiger partial charge in [-0.1, -0.05) is 25.5 Å². The smallest absolute Gasteiger partial charge is 0.216 e. The zero-order valence-corrected chi connectivity index (χ0v) is 19.1. The number of benzene rings is 1. The van der Waals surface area contributed by atoms with Gasteiger partial charge in [0.25, 0.3) is 0 Å². The molecule has 0 atom stereocenters. The second-order valence-electron chi connectivity index (χ2n) is 7.06. The molecule has 30 heavy (non-hydrogen) atoms. The number of methoxy groups -OCH3 is 1. The van der Waals surface area contributed by atoms with Gasteiger partial charge in [-0.25, -0.2) is 8.42 Å². The Balaban J connectivity index is 1.59. The van der Waals surface area contributed by atoms with Crippen LogP contribution in [0.5, 0.6) is 5.75 Å². The van der Waals surface area contributed by atoms with Crippen LogP contribution in [0.25, 0.3) is 0 Å². The molecule has 1 aliphatic heterocycles. The van der Waals surface area contributed by atoms with Crippen LogP contribution < -0.4 is 9.64 Å². The minimum Gasteiger partial charge on any atom is -0.495 e. The van der Waals surface area contributed by atoms with E-state index in [0.717, 1.165) is 30.9 Å². The lowest BCUT2D eigenvalue weighted by atomic mass is 10.2. The number of hydrogen-bond donors (Lipinski definition) is 0. The van der Waals surface area contributed by atoms with E-state index in [1.54, 1.807) is 11.4 Å². The van der Waals surface area contributed by atoms with Crippen LogP contribution >= 0.6 is 0 Å². The summed E-state index contributed by atoms with van der Waals surface area (Å²) in [6.45, 7) is 7.18. The molecule has 0 amide bonds. The molecule has 0 saturated carbocycles. The number of piperazine rings is 1. The Morgan fingerprint density at radius 3 is 2.10 bits per heavy atom. The lowest BCUT2D eigenvalue weighted by molar-refractivity contribution is 0.0167. The van der Waals surface area contributed by atoms with Gasteiger partial charge in [0.05, 0.1) is 51.6 Å². The van der Waals surface area contributed by atoms with E-state index in [1.807, 2.05) is 24.3 Å². The predicted molar refractivity (Wildman–Crippen MR) is 118 cm³/mol. The zero-order chi connectivity index (χ0) is 21.7. The second kappa shape index (κ2) is 13.8. The van der Waals surface area contributed by atoms with Gasteiger partial charge in [-0.3, -0.25) is 0 Å². The van der Waals surface area contributed by atoms with Crippen molar-refractivity contribution in [1.82, 2.24) is 4.31 Å². The first-order valence-corrected chi connectivity index (χ1v) is 12.3. The van der Waals surface area contributed by atoms with Gasteiger partial charge in [0.1, 0.15) is 5.75 Å². The van der Waals surface area contributed by atoms with E-state index < -0.39 is 10.0 Å². The van der Waals surface area contributed by atoms with Crippen LogP contribution in [0.1, 0.15) is 19.8 Å². The van der Waals surface area contributed by atoms with Crippen molar-refractivity contribution < 1.29 is 27.4 Å². The van der Waals surface area contributed by atoms with E-state index in [1.165, 1.54) is 0 Å². The van der Waals surface area contributed by atoms with Crippen LogP contribution in [0.4, 0.5) is 5.69 Å². The van der Waals surface area contributed by atoms with Gasteiger partial charge in [0, 0.05) is 32.8 Å². The molecule has 1 aliphatic rings. The SMILES string of the molecule is CCCCOCCOCCOCCS(=O)(=O)N1CCN(c2ccccc2OC)CC1. The summed E-state index contributed by atoms with van der Waals surface area (Å²) in [4.78, 5) is 2.16. The number of rotatable bonds is 15. The van der Waals surface area contributed by atoms with E-state index in [0.29, 0.717) is 52.6 Å². The lowest BCUT2D eigenvalue weighted by Crippen LogP contribution is -2.49. The van der Waals surface area contributed by atoms with Crippen LogP contribution in [0.2, 0.25) is 0 Å². The fourth-order valence-corrected chi connectivity index (χ4v) is 4.49. The molecule has 1 fully saturated rings. The molecule has 1 saturated heterocycles. The van der Waals surface area contributed by atoms with Crippen molar-refractivity contribution in [2.75, 3.05) is 83.6 Å². The third kappa shape index (κ3) is 8.39. The summed E-state index contributed by atoms with van der Waals surface area (Å²) < 4.78 is 48.3. The van der Waals surface area contributed by atoms with Crippen LogP contribution in [0.15, 0.2) is 24.3 Å². The summed E-state index contributed by atoms with van der Waals surface area (Å²) in [5.41, 5.74) is 0.996. The van der Waals surface area contributed by atoms with Crippen molar-refractivity contribution in [2.45, 2.75) is 19.8 Å². The molecule has 0 aromatic heterocycles. The Kier molecular flexibility index (Phi) is 11.5. The van der Waals surface area contributed by atoms with E-state index in [4.69, 9.17) is 18.9 Å². The maximum atomic E-state index is 12.6. The monoisotopic (exact) mass is 444 g/mol. The highest BCUT2D eigenvalue weighted by atomic mass is 32.2. The average molecular weight is 445 g/mol. The van der Waals surface area contributed by atoms with Gasteiger partial charge in [-0.15, -0.1) is 0 Å². The Hall–Kier alpha value is -1.39. The first kappa shape index (κ1) is 24.9. The minimum absolute atomic E-state index is 0.0121. The third-order valence-electron chi connectivity index (χ3n) is 4.93. The van der Waals surface area contributed by atoms with Gasteiger partial charge in [-0.2, -0.15) is 4.31 Å². The van der Waals surface area contributed by atoms with Gasteiger partial charge < -0.3 is 23.8 Å². The van der Waals surface area contributed by atoms with Crippen molar-refractivity contribution >= 4 is 15.7 Å². The molecular weight excluding hydrogens is 408 g/mol. The standard InChI is InChI=1S/C21H36N2O6S/c1-3-4-13-27-14-15-28-16-17-29-18-19-30(24,25)23-11-9-22(10-12-23)20-7-5-6-8-21(20)26-2/h5-8H,3-4,9-19H2,1-2H3. The Morgan fingerprint density at radius 1 is 0.867 bits per heavy atom. The van der Waals surface area contributed by atoms with Crippen molar-refractivity contribution in [1.29, 1.82) is 0 Å². The van der Waals surface area contributed by atoms with Crippen molar-refractivity contribution in [3.05, 3.63) is 24.3 Å². The second-order valence-corrected chi connectivity index (χ2v) is 9.15. The number of ether oxygens (including phenoxy) is 4. The van der Waals surface area contributed by atoms with E-state index in [9.17, 15) is 8.42 Å². The third-order valence-corrected chi connectivity index (χ3v) is 6.76. The minimum atomic E-state index is -3.33. The van der Waals surface area contributed by atoms with Crippen LogP contribution in [0.3, 0.4) is 0 Å². The molecule has 1 aromatic rings. The zero-order valence-electron chi connectivity index (χ0n) is 18.3.